The number of carbonyl (C=O) groups excluding carboxylic acids is 1. The molecule has 0 radical (unpaired) electrons. The topological polar surface area (TPSA) is 34.9 Å². The van der Waals surface area contributed by atoms with Crippen LogP contribution in [-0.4, -0.2) is 15.6 Å². The van der Waals surface area contributed by atoms with Gasteiger partial charge in [-0.25, -0.2) is 0 Å². The van der Waals surface area contributed by atoms with Gasteiger partial charge in [0.2, 0.25) is 0 Å². The van der Waals surface area contributed by atoms with E-state index in [1.54, 1.807) is 13.1 Å². The predicted molar refractivity (Wildman–Crippen MR) is 63.4 cm³/mol. The molecule has 2 atom stereocenters. The van der Waals surface area contributed by atoms with Crippen molar-refractivity contribution >= 4 is 5.78 Å². The van der Waals surface area contributed by atoms with Crippen molar-refractivity contribution in [2.45, 2.75) is 46.1 Å². The van der Waals surface area contributed by atoms with Crippen LogP contribution in [0, 0.1) is 11.8 Å². The minimum absolute atomic E-state index is 0.100. The van der Waals surface area contributed by atoms with Gasteiger partial charge >= 0.3 is 0 Å². The summed E-state index contributed by atoms with van der Waals surface area (Å²) in [6, 6.07) is 0.479. The van der Waals surface area contributed by atoms with Gasteiger partial charge in [-0.15, -0.1) is 0 Å². The van der Waals surface area contributed by atoms with Gasteiger partial charge in [0.05, 0.1) is 17.8 Å². The zero-order chi connectivity index (χ0) is 11.7. The highest BCUT2D eigenvalue weighted by Crippen LogP contribution is 2.35. The van der Waals surface area contributed by atoms with Gasteiger partial charge in [-0.3, -0.25) is 9.48 Å². The van der Waals surface area contributed by atoms with E-state index in [4.69, 9.17) is 0 Å². The van der Waals surface area contributed by atoms with Crippen LogP contribution < -0.4 is 0 Å². The van der Waals surface area contributed by atoms with Crippen LogP contribution in [0.5, 0.6) is 0 Å². The summed E-state index contributed by atoms with van der Waals surface area (Å²) in [5.74, 6) is 1.63. The Balaban J connectivity index is 2.13. The number of nitrogens with zero attached hydrogens (tertiary/aromatic N) is 2. The molecule has 1 heterocycles. The highest BCUT2D eigenvalue weighted by molar-refractivity contribution is 5.93. The average Bonchev–Trinajstić information content (AvgIpc) is 2.64. The molecule has 16 heavy (non-hydrogen) atoms. The normalized spacial score (nSPS) is 30.3. The van der Waals surface area contributed by atoms with Gasteiger partial charge in [-0.1, -0.05) is 13.8 Å². The fraction of sp³-hybridized carbons (Fsp3) is 0.692. The molecule has 3 heteroatoms. The molecule has 0 aliphatic heterocycles. The van der Waals surface area contributed by atoms with E-state index in [9.17, 15) is 4.79 Å². The summed E-state index contributed by atoms with van der Waals surface area (Å²) in [7, 11) is 0. The summed E-state index contributed by atoms with van der Waals surface area (Å²) < 4.78 is 1.99. The van der Waals surface area contributed by atoms with Gasteiger partial charge in [0.1, 0.15) is 0 Å². The molecule has 1 fully saturated rings. The Bertz CT molecular complexity index is 373. The van der Waals surface area contributed by atoms with E-state index in [1.807, 2.05) is 10.9 Å². The standard InChI is InChI=1S/C13H20N2O/c1-9-4-10(2)6-13(5-9)15-8-12(7-14-15)11(3)16/h7-10,13H,4-6H2,1-3H3. The van der Waals surface area contributed by atoms with Crippen LogP contribution in [0.1, 0.15) is 56.4 Å². The van der Waals surface area contributed by atoms with E-state index in [0.29, 0.717) is 6.04 Å². The third kappa shape index (κ3) is 2.34. The highest BCUT2D eigenvalue weighted by Gasteiger charge is 2.25. The van der Waals surface area contributed by atoms with Crippen molar-refractivity contribution in [3.8, 4) is 0 Å². The van der Waals surface area contributed by atoms with E-state index < -0.39 is 0 Å². The van der Waals surface area contributed by atoms with Crippen LogP contribution in [-0.2, 0) is 0 Å². The van der Waals surface area contributed by atoms with Crippen molar-refractivity contribution in [1.29, 1.82) is 0 Å². The molecule has 0 N–H and O–H groups in total. The van der Waals surface area contributed by atoms with Crippen molar-refractivity contribution in [1.82, 2.24) is 9.78 Å². The molecule has 0 spiro atoms. The first-order chi connectivity index (χ1) is 7.56. The third-order valence-corrected chi connectivity index (χ3v) is 3.54. The summed E-state index contributed by atoms with van der Waals surface area (Å²) in [6.07, 6.45) is 7.27. The Kier molecular flexibility index (Phi) is 3.13. The van der Waals surface area contributed by atoms with Crippen LogP contribution in [0.15, 0.2) is 12.4 Å². The molecule has 0 amide bonds. The molecule has 0 bridgehead atoms. The monoisotopic (exact) mass is 220 g/mol. The lowest BCUT2D eigenvalue weighted by atomic mass is 9.80. The minimum atomic E-state index is 0.100. The third-order valence-electron chi connectivity index (χ3n) is 3.54. The van der Waals surface area contributed by atoms with Gasteiger partial charge in [0.15, 0.2) is 5.78 Å². The van der Waals surface area contributed by atoms with Crippen molar-refractivity contribution in [3.63, 3.8) is 0 Å². The molecule has 1 aromatic heterocycles. The second kappa shape index (κ2) is 4.40. The lowest BCUT2D eigenvalue weighted by Crippen LogP contribution is -2.22. The molecular formula is C13H20N2O. The number of rotatable bonds is 2. The molecule has 1 aliphatic carbocycles. The fourth-order valence-electron chi connectivity index (χ4n) is 2.84. The van der Waals surface area contributed by atoms with Crippen LogP contribution in [0.3, 0.4) is 0 Å². The Morgan fingerprint density at radius 2 is 1.94 bits per heavy atom. The second-order valence-corrected chi connectivity index (χ2v) is 5.34. The van der Waals surface area contributed by atoms with Gasteiger partial charge in [-0.05, 0) is 38.0 Å². The molecule has 1 aliphatic rings. The van der Waals surface area contributed by atoms with Gasteiger partial charge in [0.25, 0.3) is 0 Å². The summed E-state index contributed by atoms with van der Waals surface area (Å²) >= 11 is 0. The lowest BCUT2D eigenvalue weighted by molar-refractivity contribution is 0.101. The van der Waals surface area contributed by atoms with E-state index in [1.165, 1.54) is 19.3 Å². The van der Waals surface area contributed by atoms with Crippen LogP contribution in [0.4, 0.5) is 0 Å². The second-order valence-electron chi connectivity index (χ2n) is 5.34. The van der Waals surface area contributed by atoms with E-state index in [2.05, 4.69) is 18.9 Å². The van der Waals surface area contributed by atoms with Crippen molar-refractivity contribution in [2.75, 3.05) is 0 Å². The molecule has 2 rings (SSSR count). The smallest absolute Gasteiger partial charge is 0.162 e. The quantitative estimate of drug-likeness (QED) is 0.718. The van der Waals surface area contributed by atoms with Crippen LogP contribution in [0.25, 0.3) is 0 Å². The van der Waals surface area contributed by atoms with Crippen molar-refractivity contribution < 1.29 is 4.79 Å². The van der Waals surface area contributed by atoms with Gasteiger partial charge in [-0.2, -0.15) is 5.10 Å². The van der Waals surface area contributed by atoms with Crippen molar-refractivity contribution in [3.05, 3.63) is 18.0 Å². The Morgan fingerprint density at radius 3 is 2.44 bits per heavy atom. The number of aromatic nitrogens is 2. The molecule has 2 unspecified atom stereocenters. The van der Waals surface area contributed by atoms with Crippen LogP contribution >= 0.6 is 0 Å². The fourth-order valence-corrected chi connectivity index (χ4v) is 2.84. The van der Waals surface area contributed by atoms with E-state index >= 15 is 0 Å². The molecule has 1 aromatic rings. The van der Waals surface area contributed by atoms with E-state index in [0.717, 1.165) is 17.4 Å². The summed E-state index contributed by atoms with van der Waals surface area (Å²) in [5.41, 5.74) is 0.728. The number of Topliss-reactive ketones (excluding diaryl/α,β-unsaturated/α-hetero) is 1. The molecule has 1 saturated carbocycles. The first-order valence-electron chi connectivity index (χ1n) is 6.11. The summed E-state index contributed by atoms with van der Waals surface area (Å²) in [5, 5.41) is 4.33. The predicted octanol–water partition coefficient (Wildman–Crippen LogP) is 3.08. The molecule has 0 saturated heterocycles. The zero-order valence-electron chi connectivity index (χ0n) is 10.3. The highest BCUT2D eigenvalue weighted by atomic mass is 16.1. The number of ketones is 1. The zero-order valence-corrected chi connectivity index (χ0v) is 10.3. The van der Waals surface area contributed by atoms with Gasteiger partial charge in [0, 0.05) is 6.20 Å². The largest absolute Gasteiger partial charge is 0.294 e. The number of carbonyl (C=O) groups is 1. The molecule has 88 valence electrons. The first-order valence-corrected chi connectivity index (χ1v) is 6.11. The maximum atomic E-state index is 11.2. The minimum Gasteiger partial charge on any atom is -0.294 e. The van der Waals surface area contributed by atoms with E-state index in [-0.39, 0.29) is 5.78 Å². The Hall–Kier alpha value is -1.12. The maximum Gasteiger partial charge on any atom is 0.162 e. The Labute approximate surface area is 96.8 Å². The number of hydrogen-bond donors (Lipinski definition) is 0. The first kappa shape index (κ1) is 11.4. The number of hydrogen-bond acceptors (Lipinski definition) is 2. The maximum absolute atomic E-state index is 11.2. The van der Waals surface area contributed by atoms with Gasteiger partial charge < -0.3 is 0 Å². The lowest BCUT2D eigenvalue weighted by Gasteiger charge is -2.31. The van der Waals surface area contributed by atoms with Crippen molar-refractivity contribution in [2.24, 2.45) is 11.8 Å². The average molecular weight is 220 g/mol. The SMILES string of the molecule is CC(=O)c1cnn(C2CC(C)CC(C)C2)c1. The summed E-state index contributed by atoms with van der Waals surface area (Å²) in [6.45, 7) is 6.20. The molecular weight excluding hydrogens is 200 g/mol. The van der Waals surface area contributed by atoms with Crippen LogP contribution in [0.2, 0.25) is 0 Å². The summed E-state index contributed by atoms with van der Waals surface area (Å²) in [4.78, 5) is 11.2. The Morgan fingerprint density at radius 1 is 1.31 bits per heavy atom. The molecule has 0 aromatic carbocycles. The molecule has 3 nitrogen and oxygen atoms in total.